The quantitative estimate of drug-likeness (QED) is 0.566. The molecule has 1 aromatic heterocycles. The predicted octanol–water partition coefficient (Wildman–Crippen LogP) is 0.630. The third-order valence-corrected chi connectivity index (χ3v) is 9.25. The van der Waals surface area contributed by atoms with Gasteiger partial charge in [0.15, 0.2) is 5.89 Å². The van der Waals surface area contributed by atoms with Crippen LogP contribution in [-0.4, -0.2) is 110 Å². The van der Waals surface area contributed by atoms with Crippen LogP contribution in [-0.2, 0) is 15.0 Å². The van der Waals surface area contributed by atoms with Gasteiger partial charge in [-0.1, -0.05) is 19.3 Å². The summed E-state index contributed by atoms with van der Waals surface area (Å²) < 4.78 is 34.9. The SMILES string of the molecule is Cc1nc(C#N)c(N2CCN(C(=O)CN3CCN(S(=O)(=O)N(C)C4CCCCC4)CC3)CC2)o1. The van der Waals surface area contributed by atoms with E-state index in [-0.39, 0.29) is 24.2 Å². The van der Waals surface area contributed by atoms with E-state index in [2.05, 4.69) is 11.1 Å². The molecule has 0 unspecified atom stereocenters. The summed E-state index contributed by atoms with van der Waals surface area (Å²) in [4.78, 5) is 22.8. The first-order chi connectivity index (χ1) is 16.3. The Bertz CT molecular complexity index is 999. The summed E-state index contributed by atoms with van der Waals surface area (Å²) in [7, 11) is -1.76. The highest BCUT2D eigenvalue weighted by atomic mass is 32.2. The lowest BCUT2D eigenvalue weighted by atomic mass is 9.96. The number of oxazole rings is 1. The van der Waals surface area contributed by atoms with E-state index in [1.54, 1.807) is 22.6 Å². The van der Waals surface area contributed by atoms with Crippen LogP contribution in [0.15, 0.2) is 4.42 Å². The fourth-order valence-corrected chi connectivity index (χ4v) is 6.66. The minimum Gasteiger partial charge on any atom is -0.424 e. The molecule has 1 amide bonds. The van der Waals surface area contributed by atoms with Gasteiger partial charge in [0.2, 0.25) is 17.5 Å². The van der Waals surface area contributed by atoms with Crippen LogP contribution in [0.4, 0.5) is 5.88 Å². The second-order valence-electron chi connectivity index (χ2n) is 9.36. The van der Waals surface area contributed by atoms with Crippen molar-refractivity contribution >= 4 is 22.0 Å². The van der Waals surface area contributed by atoms with Gasteiger partial charge in [-0.25, -0.2) is 4.98 Å². The number of hydrogen-bond acceptors (Lipinski definition) is 8. The molecule has 0 radical (unpaired) electrons. The highest BCUT2D eigenvalue weighted by Gasteiger charge is 2.35. The van der Waals surface area contributed by atoms with Crippen LogP contribution in [0.3, 0.4) is 0 Å². The zero-order chi connectivity index (χ0) is 24.3. The molecule has 2 saturated heterocycles. The van der Waals surface area contributed by atoms with Crippen molar-refractivity contribution in [2.24, 2.45) is 0 Å². The zero-order valence-corrected chi connectivity index (χ0v) is 21.0. The van der Waals surface area contributed by atoms with Crippen LogP contribution in [0.5, 0.6) is 0 Å². The van der Waals surface area contributed by atoms with Gasteiger partial charge in [0.05, 0.1) is 6.54 Å². The number of aryl methyl sites for hydroxylation is 1. The molecule has 0 atom stereocenters. The molecule has 34 heavy (non-hydrogen) atoms. The van der Waals surface area contributed by atoms with Gasteiger partial charge in [0.1, 0.15) is 6.07 Å². The Kier molecular flexibility index (Phi) is 7.77. The summed E-state index contributed by atoms with van der Waals surface area (Å²) in [5, 5.41) is 9.24. The fourth-order valence-electron chi connectivity index (χ4n) is 5.09. The molecule has 1 aromatic rings. The van der Waals surface area contributed by atoms with Gasteiger partial charge < -0.3 is 14.2 Å². The number of piperazine rings is 2. The van der Waals surface area contributed by atoms with Crippen LogP contribution in [0, 0.1) is 18.3 Å². The van der Waals surface area contributed by atoms with E-state index in [4.69, 9.17) is 4.42 Å². The molecule has 2 aliphatic heterocycles. The van der Waals surface area contributed by atoms with Crippen LogP contribution in [0.25, 0.3) is 0 Å². The maximum atomic E-state index is 13.1. The number of anilines is 1. The topological polar surface area (TPSA) is 117 Å². The second-order valence-corrected chi connectivity index (χ2v) is 11.3. The molecule has 11 nitrogen and oxygen atoms in total. The summed E-state index contributed by atoms with van der Waals surface area (Å²) in [6.45, 7) is 6.15. The van der Waals surface area contributed by atoms with Crippen molar-refractivity contribution in [2.75, 3.05) is 70.9 Å². The molecule has 12 heteroatoms. The van der Waals surface area contributed by atoms with Crippen molar-refractivity contribution in [3.8, 4) is 6.07 Å². The van der Waals surface area contributed by atoms with Crippen LogP contribution in [0.2, 0.25) is 0 Å². The molecule has 0 aromatic carbocycles. The molecule has 1 aliphatic carbocycles. The maximum absolute atomic E-state index is 13.1. The number of carbonyl (C=O) groups excluding carboxylic acids is 1. The van der Waals surface area contributed by atoms with E-state index >= 15 is 0 Å². The average molecular weight is 494 g/mol. The molecule has 3 heterocycles. The Morgan fingerprint density at radius 2 is 1.74 bits per heavy atom. The first-order valence-corrected chi connectivity index (χ1v) is 13.5. The minimum atomic E-state index is -3.47. The zero-order valence-electron chi connectivity index (χ0n) is 20.1. The molecule has 4 rings (SSSR count). The number of carbonyl (C=O) groups is 1. The largest absolute Gasteiger partial charge is 0.424 e. The second kappa shape index (κ2) is 10.6. The van der Waals surface area contributed by atoms with Gasteiger partial charge in [-0.05, 0) is 12.8 Å². The van der Waals surface area contributed by atoms with Gasteiger partial charge in [0, 0.05) is 72.4 Å². The van der Waals surface area contributed by atoms with Gasteiger partial charge in [0.25, 0.3) is 10.2 Å². The normalized spacial score (nSPS) is 21.7. The number of amides is 1. The predicted molar refractivity (Wildman–Crippen MR) is 126 cm³/mol. The van der Waals surface area contributed by atoms with Crippen LogP contribution < -0.4 is 4.90 Å². The van der Waals surface area contributed by atoms with Crippen molar-refractivity contribution in [2.45, 2.75) is 45.1 Å². The summed E-state index contributed by atoms with van der Waals surface area (Å²) in [6, 6.07) is 2.16. The molecular weight excluding hydrogens is 458 g/mol. The Hall–Kier alpha value is -2.20. The summed E-state index contributed by atoms with van der Waals surface area (Å²) in [5.41, 5.74) is 0.277. The Balaban J connectivity index is 1.24. The highest BCUT2D eigenvalue weighted by molar-refractivity contribution is 7.86. The van der Waals surface area contributed by atoms with E-state index in [0.717, 1.165) is 25.7 Å². The summed E-state index contributed by atoms with van der Waals surface area (Å²) in [5.74, 6) is 0.975. The van der Waals surface area contributed by atoms with Crippen molar-refractivity contribution in [3.05, 3.63) is 11.6 Å². The lowest BCUT2D eigenvalue weighted by molar-refractivity contribution is -0.133. The third kappa shape index (κ3) is 5.38. The van der Waals surface area contributed by atoms with E-state index in [0.29, 0.717) is 64.1 Å². The lowest BCUT2D eigenvalue weighted by Crippen LogP contribution is -2.56. The van der Waals surface area contributed by atoms with Crippen molar-refractivity contribution in [1.82, 2.24) is 23.4 Å². The smallest absolute Gasteiger partial charge is 0.282 e. The number of nitriles is 1. The number of aromatic nitrogens is 1. The van der Waals surface area contributed by atoms with Crippen molar-refractivity contribution in [1.29, 1.82) is 5.26 Å². The third-order valence-electron chi connectivity index (χ3n) is 7.21. The minimum absolute atomic E-state index is 0.0459. The van der Waals surface area contributed by atoms with E-state index in [9.17, 15) is 18.5 Å². The monoisotopic (exact) mass is 493 g/mol. The van der Waals surface area contributed by atoms with E-state index in [1.165, 1.54) is 6.42 Å². The molecule has 188 valence electrons. The van der Waals surface area contributed by atoms with Gasteiger partial charge in [-0.3, -0.25) is 9.69 Å². The van der Waals surface area contributed by atoms with Gasteiger partial charge >= 0.3 is 0 Å². The van der Waals surface area contributed by atoms with Crippen molar-refractivity contribution in [3.63, 3.8) is 0 Å². The van der Waals surface area contributed by atoms with Gasteiger partial charge in [-0.2, -0.15) is 22.3 Å². The molecule has 3 aliphatic rings. The fraction of sp³-hybridized carbons (Fsp3) is 0.773. The molecule has 0 spiro atoms. The lowest BCUT2D eigenvalue weighted by Gasteiger charge is -2.39. The van der Waals surface area contributed by atoms with Gasteiger partial charge in [-0.15, -0.1) is 0 Å². The molecule has 0 N–H and O–H groups in total. The molecule has 3 fully saturated rings. The summed E-state index contributed by atoms with van der Waals surface area (Å²) in [6.07, 6.45) is 5.24. The standard InChI is InChI=1S/C22H35N7O4S/c1-18-24-20(16-23)22(33-18)28-12-10-27(11-13-28)21(30)17-26-8-14-29(15-9-26)34(31,32)25(2)19-6-4-3-5-7-19/h19H,3-15,17H2,1-2H3. The Labute approximate surface area is 202 Å². The summed E-state index contributed by atoms with van der Waals surface area (Å²) >= 11 is 0. The first-order valence-electron chi connectivity index (χ1n) is 12.2. The first kappa shape index (κ1) is 24.9. The van der Waals surface area contributed by atoms with E-state index < -0.39 is 10.2 Å². The average Bonchev–Trinajstić information content (AvgIpc) is 3.25. The van der Waals surface area contributed by atoms with Crippen LogP contribution in [0.1, 0.15) is 43.7 Å². The van der Waals surface area contributed by atoms with Crippen molar-refractivity contribution < 1.29 is 17.6 Å². The number of rotatable bonds is 6. The maximum Gasteiger partial charge on any atom is 0.282 e. The number of hydrogen-bond donors (Lipinski definition) is 0. The van der Waals surface area contributed by atoms with E-state index in [1.807, 2.05) is 14.7 Å². The Morgan fingerprint density at radius 3 is 2.35 bits per heavy atom. The molecular formula is C22H35N7O4S. The van der Waals surface area contributed by atoms with Crippen LogP contribution >= 0.6 is 0 Å². The molecule has 1 saturated carbocycles. The highest BCUT2D eigenvalue weighted by Crippen LogP contribution is 2.25. The number of nitrogens with zero attached hydrogens (tertiary/aromatic N) is 7. The molecule has 0 bridgehead atoms. The Morgan fingerprint density at radius 1 is 1.09 bits per heavy atom.